The molecule has 19 heavy (non-hydrogen) atoms. The number of nitro benzene ring substituents is 1. The number of non-ortho nitro benzene ring substituents is 1. The molecule has 5 heteroatoms. The second-order valence-electron chi connectivity index (χ2n) is 4.39. The monoisotopic (exact) mass is 272 g/mol. The number of aryl methyl sites for hydroxylation is 2. The molecule has 3 rings (SSSR count). The Balaban J connectivity index is 1.86. The molecule has 0 aliphatic heterocycles. The van der Waals surface area contributed by atoms with Crippen LogP contribution in [0.25, 0.3) is 10.9 Å². The van der Waals surface area contributed by atoms with Crippen LogP contribution in [0.15, 0.2) is 47.3 Å². The number of hydrogen-bond acceptors (Lipinski definition) is 3. The van der Waals surface area contributed by atoms with Crippen LogP contribution in [0.4, 0.5) is 5.69 Å². The van der Waals surface area contributed by atoms with Crippen LogP contribution in [0.5, 0.6) is 0 Å². The van der Waals surface area contributed by atoms with E-state index in [0.717, 1.165) is 23.9 Å². The second-order valence-corrected chi connectivity index (χ2v) is 5.17. The lowest BCUT2D eigenvalue weighted by molar-refractivity contribution is -0.384. The second kappa shape index (κ2) is 4.85. The maximum absolute atomic E-state index is 10.7. The molecule has 0 saturated heterocycles. The van der Waals surface area contributed by atoms with Gasteiger partial charge in [0, 0.05) is 35.8 Å². The Kier molecular flexibility index (Phi) is 3.05. The van der Waals surface area contributed by atoms with Crippen LogP contribution in [0.1, 0.15) is 5.56 Å². The van der Waals surface area contributed by atoms with Crippen molar-refractivity contribution in [3.63, 3.8) is 0 Å². The summed E-state index contributed by atoms with van der Waals surface area (Å²) in [7, 11) is 0. The van der Waals surface area contributed by atoms with Gasteiger partial charge in [-0.15, -0.1) is 0 Å². The third-order valence-electron chi connectivity index (χ3n) is 3.19. The molecule has 4 nitrogen and oxygen atoms in total. The summed E-state index contributed by atoms with van der Waals surface area (Å²) in [6, 6.07) is 9.05. The Morgan fingerprint density at radius 1 is 1.26 bits per heavy atom. The van der Waals surface area contributed by atoms with E-state index in [0.29, 0.717) is 0 Å². The van der Waals surface area contributed by atoms with Crippen molar-refractivity contribution >= 4 is 27.9 Å². The van der Waals surface area contributed by atoms with Crippen LogP contribution in [-0.2, 0) is 13.0 Å². The number of nitro groups is 1. The van der Waals surface area contributed by atoms with E-state index in [2.05, 4.69) is 21.4 Å². The van der Waals surface area contributed by atoms with E-state index < -0.39 is 0 Å². The van der Waals surface area contributed by atoms with E-state index >= 15 is 0 Å². The molecular formula is C14H12N2O2S. The van der Waals surface area contributed by atoms with Crippen molar-refractivity contribution in [3.05, 3.63) is 63.0 Å². The number of thiophene rings is 1. The van der Waals surface area contributed by atoms with Crippen molar-refractivity contribution in [2.45, 2.75) is 13.0 Å². The van der Waals surface area contributed by atoms with Gasteiger partial charge in [0.25, 0.3) is 5.69 Å². The fraction of sp³-hybridized carbons (Fsp3) is 0.143. The smallest absolute Gasteiger partial charge is 0.270 e. The molecule has 0 saturated carbocycles. The summed E-state index contributed by atoms with van der Waals surface area (Å²) in [5.74, 6) is 0. The summed E-state index contributed by atoms with van der Waals surface area (Å²) in [6.45, 7) is 0.887. The first kappa shape index (κ1) is 11.9. The van der Waals surface area contributed by atoms with E-state index in [9.17, 15) is 10.1 Å². The van der Waals surface area contributed by atoms with Crippen molar-refractivity contribution in [3.8, 4) is 0 Å². The average Bonchev–Trinajstić information content (AvgIpc) is 3.05. The number of rotatable bonds is 4. The number of aromatic nitrogens is 1. The fourth-order valence-electron chi connectivity index (χ4n) is 2.18. The first-order chi connectivity index (χ1) is 9.24. The molecule has 0 aliphatic rings. The Hall–Kier alpha value is -2.14. The number of benzene rings is 1. The quantitative estimate of drug-likeness (QED) is 0.535. The van der Waals surface area contributed by atoms with E-state index in [1.165, 1.54) is 5.56 Å². The molecule has 0 amide bonds. The van der Waals surface area contributed by atoms with E-state index in [1.54, 1.807) is 23.5 Å². The largest absolute Gasteiger partial charge is 0.347 e. The number of fused-ring (bicyclic) bond motifs is 1. The van der Waals surface area contributed by atoms with Crippen LogP contribution in [-0.4, -0.2) is 9.49 Å². The minimum atomic E-state index is -0.359. The first-order valence-corrected chi connectivity index (χ1v) is 6.93. The molecule has 96 valence electrons. The first-order valence-electron chi connectivity index (χ1n) is 5.98. The predicted octanol–water partition coefficient (Wildman–Crippen LogP) is 3.85. The van der Waals surface area contributed by atoms with Crippen LogP contribution in [0, 0.1) is 10.1 Å². The molecule has 0 N–H and O–H groups in total. The van der Waals surface area contributed by atoms with Crippen molar-refractivity contribution in [1.82, 2.24) is 4.57 Å². The van der Waals surface area contributed by atoms with E-state index in [-0.39, 0.29) is 10.6 Å². The van der Waals surface area contributed by atoms with Crippen LogP contribution < -0.4 is 0 Å². The number of nitrogens with zero attached hydrogens (tertiary/aromatic N) is 2. The van der Waals surface area contributed by atoms with Crippen molar-refractivity contribution in [2.75, 3.05) is 0 Å². The molecule has 3 aromatic rings. The topological polar surface area (TPSA) is 48.1 Å². The van der Waals surface area contributed by atoms with E-state index in [1.807, 2.05) is 18.3 Å². The summed E-state index contributed by atoms with van der Waals surface area (Å²) in [5, 5.41) is 15.9. The minimum Gasteiger partial charge on any atom is -0.347 e. The summed E-state index contributed by atoms with van der Waals surface area (Å²) in [5.41, 5.74) is 2.51. The van der Waals surface area contributed by atoms with E-state index in [4.69, 9.17) is 0 Å². The van der Waals surface area contributed by atoms with Crippen molar-refractivity contribution < 1.29 is 4.92 Å². The minimum absolute atomic E-state index is 0.142. The Morgan fingerprint density at radius 2 is 2.16 bits per heavy atom. The van der Waals surface area contributed by atoms with Gasteiger partial charge in [-0.05, 0) is 40.9 Å². The van der Waals surface area contributed by atoms with Gasteiger partial charge in [-0.25, -0.2) is 0 Å². The van der Waals surface area contributed by atoms with Gasteiger partial charge in [0.05, 0.1) is 4.92 Å². The standard InChI is InChI=1S/C14H12N2O2S/c17-16(18)13-1-2-14-12(9-13)4-7-15(14)6-3-11-5-8-19-10-11/h1-2,4-5,7-10H,3,6H2. The lowest BCUT2D eigenvalue weighted by Crippen LogP contribution is -1.98. The molecule has 0 atom stereocenters. The summed E-state index contributed by atoms with van der Waals surface area (Å²) < 4.78 is 2.14. The summed E-state index contributed by atoms with van der Waals surface area (Å²) >= 11 is 1.70. The fourth-order valence-corrected chi connectivity index (χ4v) is 2.88. The van der Waals surface area contributed by atoms with Gasteiger partial charge in [-0.1, -0.05) is 0 Å². The summed E-state index contributed by atoms with van der Waals surface area (Å²) in [4.78, 5) is 10.4. The molecular weight excluding hydrogens is 260 g/mol. The Bertz CT molecular complexity index is 716. The van der Waals surface area contributed by atoms with Gasteiger partial charge in [0.2, 0.25) is 0 Å². The Morgan fingerprint density at radius 3 is 2.89 bits per heavy atom. The highest BCUT2D eigenvalue weighted by molar-refractivity contribution is 7.07. The third kappa shape index (κ3) is 2.37. The van der Waals surface area contributed by atoms with Gasteiger partial charge >= 0.3 is 0 Å². The highest BCUT2D eigenvalue weighted by Crippen LogP contribution is 2.22. The Labute approximate surface area is 114 Å². The zero-order valence-electron chi connectivity index (χ0n) is 10.2. The molecule has 0 bridgehead atoms. The lowest BCUT2D eigenvalue weighted by atomic mass is 10.2. The third-order valence-corrected chi connectivity index (χ3v) is 3.92. The van der Waals surface area contributed by atoms with Crippen molar-refractivity contribution in [1.29, 1.82) is 0 Å². The molecule has 1 aromatic carbocycles. The highest BCUT2D eigenvalue weighted by atomic mass is 32.1. The van der Waals surface area contributed by atoms with Crippen LogP contribution in [0.3, 0.4) is 0 Å². The SMILES string of the molecule is O=[N+]([O-])c1ccc2c(ccn2CCc2ccsc2)c1. The maximum Gasteiger partial charge on any atom is 0.270 e. The van der Waals surface area contributed by atoms with Crippen molar-refractivity contribution in [2.24, 2.45) is 0 Å². The van der Waals surface area contributed by atoms with Gasteiger partial charge in [0.15, 0.2) is 0 Å². The molecule has 0 aliphatic carbocycles. The lowest BCUT2D eigenvalue weighted by Gasteiger charge is -2.04. The molecule has 0 fully saturated rings. The van der Waals surface area contributed by atoms with Gasteiger partial charge in [0.1, 0.15) is 0 Å². The molecule has 2 heterocycles. The predicted molar refractivity (Wildman–Crippen MR) is 76.6 cm³/mol. The molecule has 0 unspecified atom stereocenters. The van der Waals surface area contributed by atoms with Gasteiger partial charge < -0.3 is 4.57 Å². The molecule has 0 spiro atoms. The highest BCUT2D eigenvalue weighted by Gasteiger charge is 2.08. The van der Waals surface area contributed by atoms with Gasteiger partial charge in [-0.2, -0.15) is 11.3 Å². The zero-order valence-corrected chi connectivity index (χ0v) is 11.0. The normalized spacial score (nSPS) is 10.9. The maximum atomic E-state index is 10.7. The molecule has 0 radical (unpaired) electrons. The summed E-state index contributed by atoms with van der Waals surface area (Å²) in [6.07, 6.45) is 2.96. The van der Waals surface area contributed by atoms with Crippen LogP contribution in [0.2, 0.25) is 0 Å². The number of hydrogen-bond donors (Lipinski definition) is 0. The molecule has 2 aromatic heterocycles. The van der Waals surface area contributed by atoms with Crippen LogP contribution >= 0.6 is 11.3 Å². The average molecular weight is 272 g/mol. The van der Waals surface area contributed by atoms with Gasteiger partial charge in [-0.3, -0.25) is 10.1 Å². The zero-order chi connectivity index (χ0) is 13.2.